The monoisotopic (exact) mass is 539 g/mol. The number of para-hydroxylation sites is 1. The Hall–Kier alpha value is -4.52. The summed E-state index contributed by atoms with van der Waals surface area (Å²) < 4.78 is 19.5. The van der Waals surface area contributed by atoms with Crippen molar-refractivity contribution in [1.29, 1.82) is 0 Å². The van der Waals surface area contributed by atoms with E-state index in [1.807, 2.05) is 48.5 Å². The summed E-state index contributed by atoms with van der Waals surface area (Å²) in [5, 5.41) is 5.95. The Morgan fingerprint density at radius 2 is 1.68 bits per heavy atom. The smallest absolute Gasteiger partial charge is 0.252 e. The fraction of sp³-hybridized carbons (Fsp3) is 0.242. The number of hydrogen-bond acceptors (Lipinski definition) is 4. The number of carbonyl (C=O) groups excluding carboxylic acids is 2. The molecule has 7 heteroatoms. The Bertz CT molecular complexity index is 1390. The summed E-state index contributed by atoms with van der Waals surface area (Å²) in [6, 6.07) is 26.3. The summed E-state index contributed by atoms with van der Waals surface area (Å²) in [7, 11) is 0. The Kier molecular flexibility index (Phi) is 9.99. The molecule has 0 aliphatic rings. The fourth-order valence-corrected chi connectivity index (χ4v) is 4.40. The lowest BCUT2D eigenvalue weighted by Crippen LogP contribution is -2.30. The first kappa shape index (κ1) is 28.5. The molecule has 1 atom stereocenters. The van der Waals surface area contributed by atoms with Gasteiger partial charge in [0.05, 0.1) is 6.04 Å². The van der Waals surface area contributed by atoms with Crippen LogP contribution in [-0.2, 0) is 17.8 Å². The highest BCUT2D eigenvalue weighted by Crippen LogP contribution is 2.24. The number of aryl methyl sites for hydroxylation is 1. The summed E-state index contributed by atoms with van der Waals surface area (Å²) >= 11 is 0. The number of benzene rings is 3. The van der Waals surface area contributed by atoms with Gasteiger partial charge in [-0.25, -0.2) is 9.37 Å². The second-order valence-corrected chi connectivity index (χ2v) is 10.1. The molecule has 0 saturated carbocycles. The lowest BCUT2D eigenvalue weighted by atomic mass is 9.95. The molecule has 1 unspecified atom stereocenters. The normalized spacial score (nSPS) is 11.6. The van der Waals surface area contributed by atoms with E-state index in [9.17, 15) is 14.0 Å². The molecule has 0 bridgehead atoms. The van der Waals surface area contributed by atoms with Crippen molar-refractivity contribution in [2.24, 2.45) is 5.92 Å². The first-order valence-electron chi connectivity index (χ1n) is 13.4. The largest absolute Gasteiger partial charge is 0.489 e. The molecule has 0 fully saturated rings. The Morgan fingerprint density at radius 3 is 2.38 bits per heavy atom. The van der Waals surface area contributed by atoms with Crippen LogP contribution in [-0.4, -0.2) is 16.8 Å². The fourth-order valence-electron chi connectivity index (χ4n) is 4.40. The van der Waals surface area contributed by atoms with E-state index in [2.05, 4.69) is 29.5 Å². The highest BCUT2D eigenvalue weighted by molar-refractivity contribution is 5.96. The number of nitrogens with zero attached hydrogens (tertiary/aromatic N) is 1. The van der Waals surface area contributed by atoms with E-state index in [0.717, 1.165) is 22.4 Å². The van der Waals surface area contributed by atoms with Gasteiger partial charge in [-0.15, -0.1) is 0 Å². The Balaban J connectivity index is 1.54. The third-order valence-corrected chi connectivity index (χ3v) is 6.41. The minimum Gasteiger partial charge on any atom is -0.489 e. The molecule has 0 aliphatic heterocycles. The van der Waals surface area contributed by atoms with Crippen LogP contribution in [0.25, 0.3) is 0 Å². The van der Waals surface area contributed by atoms with Crippen molar-refractivity contribution in [3.63, 3.8) is 0 Å². The molecule has 4 rings (SSSR count). The van der Waals surface area contributed by atoms with Crippen molar-refractivity contribution in [2.75, 3.05) is 5.32 Å². The van der Waals surface area contributed by atoms with Gasteiger partial charge in [0.25, 0.3) is 5.91 Å². The van der Waals surface area contributed by atoms with Gasteiger partial charge in [-0.1, -0.05) is 62.4 Å². The minimum absolute atomic E-state index is 0.185. The highest BCUT2D eigenvalue weighted by atomic mass is 19.1. The van der Waals surface area contributed by atoms with Crippen molar-refractivity contribution in [2.45, 2.75) is 45.8 Å². The Morgan fingerprint density at radius 1 is 0.925 bits per heavy atom. The predicted octanol–water partition coefficient (Wildman–Crippen LogP) is 6.89. The number of carbonyl (C=O) groups is 2. The molecular formula is C33H34FN3O3. The van der Waals surface area contributed by atoms with Crippen LogP contribution in [0.4, 0.5) is 10.2 Å². The maximum atomic E-state index is 13.7. The molecule has 0 saturated heterocycles. The topological polar surface area (TPSA) is 80.3 Å². The van der Waals surface area contributed by atoms with Crippen LogP contribution in [0.2, 0.25) is 0 Å². The molecule has 6 nitrogen and oxygen atoms in total. The number of ether oxygens (including phenoxy) is 1. The van der Waals surface area contributed by atoms with Crippen molar-refractivity contribution >= 4 is 17.6 Å². The molecule has 1 aromatic heterocycles. The average Bonchev–Trinajstić information content (AvgIpc) is 2.96. The molecule has 2 N–H and O–H groups in total. The summed E-state index contributed by atoms with van der Waals surface area (Å²) in [6.45, 7) is 4.45. The zero-order chi connectivity index (χ0) is 28.3. The van der Waals surface area contributed by atoms with E-state index in [1.54, 1.807) is 36.5 Å². The van der Waals surface area contributed by atoms with Gasteiger partial charge in [-0.2, -0.15) is 0 Å². The van der Waals surface area contributed by atoms with Gasteiger partial charge in [0.1, 0.15) is 24.0 Å². The molecule has 0 radical (unpaired) electrons. The van der Waals surface area contributed by atoms with Gasteiger partial charge in [-0.3, -0.25) is 9.59 Å². The van der Waals surface area contributed by atoms with Crippen molar-refractivity contribution < 1.29 is 18.7 Å². The third kappa shape index (κ3) is 8.50. The van der Waals surface area contributed by atoms with E-state index in [0.29, 0.717) is 30.1 Å². The van der Waals surface area contributed by atoms with E-state index in [1.165, 1.54) is 12.1 Å². The first-order chi connectivity index (χ1) is 19.4. The van der Waals surface area contributed by atoms with E-state index in [-0.39, 0.29) is 36.7 Å². The molecule has 1 heterocycles. The molecule has 2 amide bonds. The van der Waals surface area contributed by atoms with Gasteiger partial charge in [-0.05, 0) is 77.9 Å². The summed E-state index contributed by atoms with van der Waals surface area (Å²) in [4.78, 5) is 30.5. The van der Waals surface area contributed by atoms with Crippen LogP contribution in [0.3, 0.4) is 0 Å². The lowest BCUT2D eigenvalue weighted by molar-refractivity contribution is -0.116. The van der Waals surface area contributed by atoms with Crippen LogP contribution >= 0.6 is 0 Å². The quantitative estimate of drug-likeness (QED) is 0.205. The zero-order valence-corrected chi connectivity index (χ0v) is 22.8. The second-order valence-electron chi connectivity index (χ2n) is 10.1. The van der Waals surface area contributed by atoms with Crippen molar-refractivity contribution in [3.8, 4) is 5.75 Å². The maximum Gasteiger partial charge on any atom is 0.252 e. The molecule has 206 valence electrons. The zero-order valence-electron chi connectivity index (χ0n) is 22.8. The van der Waals surface area contributed by atoms with Crippen LogP contribution in [0.1, 0.15) is 59.8 Å². The number of halogens is 1. The van der Waals surface area contributed by atoms with Crippen molar-refractivity contribution in [1.82, 2.24) is 10.3 Å². The lowest BCUT2D eigenvalue weighted by Gasteiger charge is -2.22. The maximum absolute atomic E-state index is 13.7. The predicted molar refractivity (Wildman–Crippen MR) is 154 cm³/mol. The highest BCUT2D eigenvalue weighted by Gasteiger charge is 2.20. The van der Waals surface area contributed by atoms with Crippen LogP contribution in [0, 0.1) is 11.7 Å². The number of pyridine rings is 1. The number of amides is 2. The second kappa shape index (κ2) is 14.0. The standard InChI is InChI=1S/C33H34FN3O3/c1-23(2)20-30(26-13-16-27(34)17-14-26)36-33(39)29-21-24(22-40-28-8-4-3-5-9-28)11-12-25(29)15-18-32(38)37-31-10-6-7-19-35-31/h3-14,16-17,19,21,23,30H,15,18,20,22H2,1-2H3,(H,36,39)(H,35,37,38). The van der Waals surface area contributed by atoms with Crippen LogP contribution < -0.4 is 15.4 Å². The van der Waals surface area contributed by atoms with E-state index >= 15 is 0 Å². The molecule has 40 heavy (non-hydrogen) atoms. The molecule has 0 spiro atoms. The Labute approximate surface area is 234 Å². The summed E-state index contributed by atoms with van der Waals surface area (Å²) in [6.07, 6.45) is 2.86. The molecule has 4 aromatic rings. The van der Waals surface area contributed by atoms with Crippen molar-refractivity contribution in [3.05, 3.63) is 125 Å². The summed E-state index contributed by atoms with van der Waals surface area (Å²) in [5.74, 6) is 0.750. The van der Waals surface area contributed by atoms with Gasteiger partial charge < -0.3 is 15.4 Å². The van der Waals surface area contributed by atoms with Gasteiger partial charge in [0.15, 0.2) is 0 Å². The minimum atomic E-state index is -0.323. The number of aromatic nitrogens is 1. The SMILES string of the molecule is CC(C)CC(NC(=O)c1cc(COc2ccccc2)ccc1CCC(=O)Nc1ccccn1)c1ccc(F)cc1. The van der Waals surface area contributed by atoms with E-state index < -0.39 is 0 Å². The average molecular weight is 540 g/mol. The first-order valence-corrected chi connectivity index (χ1v) is 13.4. The molecule has 0 aliphatic carbocycles. The number of anilines is 1. The van der Waals surface area contributed by atoms with Gasteiger partial charge in [0, 0.05) is 18.2 Å². The van der Waals surface area contributed by atoms with E-state index in [4.69, 9.17) is 4.74 Å². The van der Waals surface area contributed by atoms with Crippen LogP contribution in [0.5, 0.6) is 5.75 Å². The number of nitrogens with one attached hydrogen (secondary N) is 2. The number of hydrogen-bond donors (Lipinski definition) is 2. The number of rotatable bonds is 12. The molecular weight excluding hydrogens is 505 g/mol. The molecule has 3 aromatic carbocycles. The van der Waals surface area contributed by atoms with Crippen LogP contribution in [0.15, 0.2) is 97.2 Å². The van der Waals surface area contributed by atoms with Gasteiger partial charge >= 0.3 is 0 Å². The third-order valence-electron chi connectivity index (χ3n) is 6.41. The summed E-state index contributed by atoms with van der Waals surface area (Å²) in [5.41, 5.74) is 2.90. The van der Waals surface area contributed by atoms with Gasteiger partial charge in [0.2, 0.25) is 5.91 Å².